The molecule has 1 N–H and O–H groups in total. The molecule has 0 bridgehead atoms. The Morgan fingerprint density at radius 2 is 2.22 bits per heavy atom. The Balaban J connectivity index is 0. The second kappa shape index (κ2) is 11.2. The van der Waals surface area contributed by atoms with E-state index in [2.05, 4.69) is 10.3 Å². The molecule has 1 aromatic heterocycles. The number of hydrogen-bond donors (Lipinski definition) is 1. The molecule has 0 aliphatic heterocycles. The molecule has 0 aliphatic carbocycles. The zero-order valence-corrected chi connectivity index (χ0v) is 12.1. The van der Waals surface area contributed by atoms with Crippen molar-refractivity contribution in [2.24, 2.45) is 0 Å². The summed E-state index contributed by atoms with van der Waals surface area (Å²) >= 11 is 0. The van der Waals surface area contributed by atoms with Crippen molar-refractivity contribution >= 4 is 36.4 Å². The number of likely N-dealkylation sites (N-methyl/N-ethyl adjacent to an activating group) is 1. The van der Waals surface area contributed by atoms with Crippen LogP contribution in [-0.2, 0) is 9.53 Å². The SMILES string of the molecule is COCCNCC(=O)N(C)c1cccnc1.Cl.Cl. The first-order valence-corrected chi connectivity index (χ1v) is 5.12. The molecule has 1 amide bonds. The van der Waals surface area contributed by atoms with Crippen molar-refractivity contribution in [3.05, 3.63) is 24.5 Å². The number of carbonyl (C=O) groups excluding carboxylic acids is 1. The molecule has 0 saturated carbocycles. The fraction of sp³-hybridized carbons (Fsp3) is 0.455. The third-order valence-electron chi connectivity index (χ3n) is 2.17. The van der Waals surface area contributed by atoms with Crippen LogP contribution in [0.2, 0.25) is 0 Å². The summed E-state index contributed by atoms with van der Waals surface area (Å²) in [6.45, 7) is 1.57. The molecule has 18 heavy (non-hydrogen) atoms. The van der Waals surface area contributed by atoms with E-state index in [0.717, 1.165) is 5.69 Å². The lowest BCUT2D eigenvalue weighted by molar-refractivity contribution is -0.117. The van der Waals surface area contributed by atoms with Gasteiger partial charge in [0, 0.05) is 26.9 Å². The van der Waals surface area contributed by atoms with Crippen molar-refractivity contribution in [1.82, 2.24) is 10.3 Å². The quantitative estimate of drug-likeness (QED) is 0.799. The first kappa shape index (κ1) is 19.5. The molecule has 5 nitrogen and oxygen atoms in total. The number of methoxy groups -OCH3 is 1. The first-order valence-electron chi connectivity index (χ1n) is 5.12. The predicted octanol–water partition coefficient (Wildman–Crippen LogP) is 1.12. The van der Waals surface area contributed by atoms with E-state index in [0.29, 0.717) is 19.7 Å². The van der Waals surface area contributed by atoms with Gasteiger partial charge in [0.1, 0.15) is 0 Å². The Hall–Kier alpha value is -0.880. The summed E-state index contributed by atoms with van der Waals surface area (Å²) in [5.74, 6) is 0.00380. The zero-order chi connectivity index (χ0) is 11.8. The standard InChI is InChI=1S/C11H17N3O2.2ClH/c1-14(10-4-3-5-12-8-10)11(15)9-13-6-7-16-2;;/h3-5,8,13H,6-7,9H2,1-2H3;2*1H. The Morgan fingerprint density at radius 1 is 1.50 bits per heavy atom. The van der Waals surface area contributed by atoms with E-state index < -0.39 is 0 Å². The van der Waals surface area contributed by atoms with Gasteiger partial charge in [-0.05, 0) is 12.1 Å². The smallest absolute Gasteiger partial charge is 0.240 e. The maximum Gasteiger partial charge on any atom is 0.240 e. The molecule has 1 heterocycles. The van der Waals surface area contributed by atoms with Gasteiger partial charge in [-0.25, -0.2) is 0 Å². The van der Waals surface area contributed by atoms with Gasteiger partial charge in [-0.3, -0.25) is 9.78 Å². The molecule has 0 saturated heterocycles. The second-order valence-electron chi connectivity index (χ2n) is 3.33. The highest BCUT2D eigenvalue weighted by Crippen LogP contribution is 2.08. The molecule has 0 atom stereocenters. The van der Waals surface area contributed by atoms with Gasteiger partial charge in [-0.1, -0.05) is 0 Å². The molecule has 0 unspecified atom stereocenters. The molecule has 1 aromatic rings. The van der Waals surface area contributed by atoms with Crippen molar-refractivity contribution in [2.75, 3.05) is 38.8 Å². The predicted molar refractivity (Wildman–Crippen MR) is 76.9 cm³/mol. The lowest BCUT2D eigenvalue weighted by Crippen LogP contribution is -2.36. The van der Waals surface area contributed by atoms with Gasteiger partial charge < -0.3 is 15.0 Å². The van der Waals surface area contributed by atoms with E-state index in [-0.39, 0.29) is 30.7 Å². The summed E-state index contributed by atoms with van der Waals surface area (Å²) < 4.78 is 4.87. The molecule has 104 valence electrons. The van der Waals surface area contributed by atoms with Crippen LogP contribution in [0.5, 0.6) is 0 Å². The van der Waals surface area contributed by atoms with Gasteiger partial charge in [0.15, 0.2) is 0 Å². The number of pyridine rings is 1. The van der Waals surface area contributed by atoms with Crippen LogP contribution in [0.1, 0.15) is 0 Å². The third kappa shape index (κ3) is 6.76. The number of nitrogens with zero attached hydrogens (tertiary/aromatic N) is 2. The molecular formula is C11H19Cl2N3O2. The molecule has 0 aromatic carbocycles. The lowest BCUT2D eigenvalue weighted by atomic mass is 10.3. The minimum Gasteiger partial charge on any atom is -0.383 e. The highest BCUT2D eigenvalue weighted by Gasteiger charge is 2.09. The summed E-state index contributed by atoms with van der Waals surface area (Å²) in [5, 5.41) is 3.00. The fourth-order valence-corrected chi connectivity index (χ4v) is 1.18. The summed E-state index contributed by atoms with van der Waals surface area (Å²) in [6.07, 6.45) is 3.34. The minimum absolute atomic E-state index is 0. The topological polar surface area (TPSA) is 54.5 Å². The lowest BCUT2D eigenvalue weighted by Gasteiger charge is -2.16. The average molecular weight is 296 g/mol. The maximum atomic E-state index is 11.7. The Kier molecular flexibility index (Phi) is 12.1. The van der Waals surface area contributed by atoms with Crippen LogP contribution in [-0.4, -0.2) is 44.7 Å². The third-order valence-corrected chi connectivity index (χ3v) is 2.17. The number of anilines is 1. The molecule has 7 heteroatoms. The monoisotopic (exact) mass is 295 g/mol. The van der Waals surface area contributed by atoms with Crippen LogP contribution in [0.4, 0.5) is 5.69 Å². The van der Waals surface area contributed by atoms with Gasteiger partial charge in [-0.15, -0.1) is 24.8 Å². The van der Waals surface area contributed by atoms with Crippen LogP contribution in [0.3, 0.4) is 0 Å². The van der Waals surface area contributed by atoms with Crippen LogP contribution >= 0.6 is 24.8 Å². The van der Waals surface area contributed by atoms with Crippen LogP contribution in [0.25, 0.3) is 0 Å². The van der Waals surface area contributed by atoms with Crippen molar-refractivity contribution in [2.45, 2.75) is 0 Å². The van der Waals surface area contributed by atoms with E-state index >= 15 is 0 Å². The Morgan fingerprint density at radius 3 is 2.78 bits per heavy atom. The summed E-state index contributed by atoms with van der Waals surface area (Å²) in [4.78, 5) is 17.2. The zero-order valence-electron chi connectivity index (χ0n) is 10.5. The highest BCUT2D eigenvalue weighted by atomic mass is 35.5. The number of hydrogen-bond acceptors (Lipinski definition) is 4. The number of nitrogens with one attached hydrogen (secondary N) is 1. The van der Waals surface area contributed by atoms with Crippen molar-refractivity contribution in [3.63, 3.8) is 0 Å². The number of rotatable bonds is 6. The summed E-state index contributed by atoms with van der Waals surface area (Å²) in [6, 6.07) is 3.65. The highest BCUT2D eigenvalue weighted by molar-refractivity contribution is 5.94. The number of amides is 1. The van der Waals surface area contributed by atoms with E-state index in [1.807, 2.05) is 6.07 Å². The summed E-state index contributed by atoms with van der Waals surface area (Å²) in [7, 11) is 3.36. The largest absolute Gasteiger partial charge is 0.383 e. The normalized spacial score (nSPS) is 9.00. The number of ether oxygens (including phenoxy) is 1. The first-order chi connectivity index (χ1) is 7.75. The number of halogens is 2. The van der Waals surface area contributed by atoms with Crippen LogP contribution in [0, 0.1) is 0 Å². The van der Waals surface area contributed by atoms with Gasteiger partial charge in [0.25, 0.3) is 0 Å². The number of aromatic nitrogens is 1. The fourth-order valence-electron chi connectivity index (χ4n) is 1.18. The van der Waals surface area contributed by atoms with Gasteiger partial charge in [0.2, 0.25) is 5.91 Å². The molecular weight excluding hydrogens is 277 g/mol. The molecule has 0 spiro atoms. The van der Waals surface area contributed by atoms with Gasteiger partial charge in [-0.2, -0.15) is 0 Å². The van der Waals surface area contributed by atoms with Crippen molar-refractivity contribution in [3.8, 4) is 0 Å². The summed E-state index contributed by atoms with van der Waals surface area (Å²) in [5.41, 5.74) is 0.793. The van der Waals surface area contributed by atoms with Crippen LogP contribution in [0.15, 0.2) is 24.5 Å². The van der Waals surface area contributed by atoms with Gasteiger partial charge >= 0.3 is 0 Å². The van der Waals surface area contributed by atoms with Gasteiger partial charge in [0.05, 0.1) is 25.0 Å². The Labute approximate surface area is 120 Å². The maximum absolute atomic E-state index is 11.7. The molecule has 0 fully saturated rings. The average Bonchev–Trinajstić information content (AvgIpc) is 2.34. The second-order valence-corrected chi connectivity index (χ2v) is 3.33. The molecule has 0 aliphatic rings. The van der Waals surface area contributed by atoms with E-state index in [4.69, 9.17) is 4.74 Å². The van der Waals surface area contributed by atoms with E-state index in [9.17, 15) is 4.79 Å². The van der Waals surface area contributed by atoms with Crippen molar-refractivity contribution < 1.29 is 9.53 Å². The van der Waals surface area contributed by atoms with Crippen LogP contribution < -0.4 is 10.2 Å². The van der Waals surface area contributed by atoms with E-state index in [1.165, 1.54) is 0 Å². The molecule has 0 radical (unpaired) electrons. The number of carbonyl (C=O) groups is 1. The Bertz CT molecular complexity index is 325. The van der Waals surface area contributed by atoms with Crippen molar-refractivity contribution in [1.29, 1.82) is 0 Å². The minimum atomic E-state index is 0. The molecule has 1 rings (SSSR count). The van der Waals surface area contributed by atoms with E-state index in [1.54, 1.807) is 37.5 Å².